The number of aromatic nitrogens is 3. The lowest BCUT2D eigenvalue weighted by Gasteiger charge is -2.03. The van der Waals surface area contributed by atoms with E-state index in [2.05, 4.69) is 31.3 Å². The van der Waals surface area contributed by atoms with Crippen molar-refractivity contribution >= 4 is 27.7 Å². The van der Waals surface area contributed by atoms with Crippen molar-refractivity contribution in [3.05, 3.63) is 40.3 Å². The van der Waals surface area contributed by atoms with E-state index in [1.54, 1.807) is 19.2 Å². The van der Waals surface area contributed by atoms with Crippen LogP contribution in [0.5, 0.6) is 0 Å². The smallest absolute Gasteiger partial charge is 0.276 e. The lowest BCUT2D eigenvalue weighted by Crippen LogP contribution is -2.15. The third-order valence-electron chi connectivity index (χ3n) is 2.15. The number of nitrogens with one attached hydrogen (secondary N) is 1. The van der Waals surface area contributed by atoms with Crippen LogP contribution < -0.4 is 5.32 Å². The van der Waals surface area contributed by atoms with E-state index in [1.807, 2.05) is 6.07 Å². The molecule has 1 N–H and O–H groups in total. The van der Waals surface area contributed by atoms with Crippen molar-refractivity contribution < 1.29 is 4.79 Å². The van der Waals surface area contributed by atoms with Crippen molar-refractivity contribution in [1.29, 1.82) is 5.26 Å². The Kier molecular flexibility index (Phi) is 3.39. The number of hydrogen-bond donors (Lipinski definition) is 1. The molecule has 0 saturated heterocycles. The molecule has 0 saturated carbocycles. The van der Waals surface area contributed by atoms with E-state index in [4.69, 9.17) is 5.26 Å². The molecular weight excluding hydrogens is 298 g/mol. The van der Waals surface area contributed by atoms with Gasteiger partial charge in [-0.2, -0.15) is 10.4 Å². The maximum atomic E-state index is 12.0. The van der Waals surface area contributed by atoms with Gasteiger partial charge in [-0.1, -0.05) is 0 Å². The Morgan fingerprint density at radius 1 is 1.61 bits per heavy atom. The third-order valence-corrected chi connectivity index (χ3v) is 2.79. The molecule has 2 aromatic rings. The molecule has 0 spiro atoms. The Bertz CT molecular complexity index is 643. The molecule has 0 aliphatic rings. The van der Waals surface area contributed by atoms with Crippen LogP contribution in [0.1, 0.15) is 16.1 Å². The number of anilines is 1. The van der Waals surface area contributed by atoms with Gasteiger partial charge in [0.2, 0.25) is 0 Å². The Morgan fingerprint density at radius 3 is 3.06 bits per heavy atom. The summed E-state index contributed by atoms with van der Waals surface area (Å²) in [5.74, 6) is -0.194. The van der Waals surface area contributed by atoms with Crippen molar-refractivity contribution in [3.8, 4) is 6.07 Å². The summed E-state index contributed by atoms with van der Waals surface area (Å²) >= 11 is 3.24. The van der Waals surface area contributed by atoms with Crippen molar-refractivity contribution in [3.63, 3.8) is 0 Å². The summed E-state index contributed by atoms with van der Waals surface area (Å²) in [5.41, 5.74) is 0.546. The SMILES string of the molecule is Cn1cc(C#N)c(NC(=O)c2ncccc2Br)n1. The summed E-state index contributed by atoms with van der Waals surface area (Å²) in [6, 6.07) is 5.38. The summed E-state index contributed by atoms with van der Waals surface area (Å²) in [6.07, 6.45) is 3.05. The van der Waals surface area contributed by atoms with Crippen molar-refractivity contribution in [1.82, 2.24) is 14.8 Å². The highest BCUT2D eigenvalue weighted by Crippen LogP contribution is 2.16. The fourth-order valence-corrected chi connectivity index (χ4v) is 1.82. The van der Waals surface area contributed by atoms with Gasteiger partial charge in [0.05, 0.1) is 0 Å². The first kappa shape index (κ1) is 12.3. The van der Waals surface area contributed by atoms with Gasteiger partial charge < -0.3 is 5.32 Å². The van der Waals surface area contributed by atoms with E-state index in [9.17, 15) is 4.79 Å². The van der Waals surface area contributed by atoms with E-state index in [0.29, 0.717) is 10.0 Å². The number of amides is 1. The van der Waals surface area contributed by atoms with Gasteiger partial charge in [0.25, 0.3) is 5.91 Å². The summed E-state index contributed by atoms with van der Waals surface area (Å²) in [7, 11) is 1.67. The number of nitrogens with zero attached hydrogens (tertiary/aromatic N) is 4. The molecule has 0 radical (unpaired) electrons. The summed E-state index contributed by atoms with van der Waals surface area (Å²) < 4.78 is 2.04. The molecule has 0 aromatic carbocycles. The second-order valence-electron chi connectivity index (χ2n) is 3.46. The summed E-state index contributed by atoms with van der Waals surface area (Å²) in [6.45, 7) is 0. The number of halogens is 1. The normalized spacial score (nSPS) is 9.83. The van der Waals surface area contributed by atoms with Crippen LogP contribution in [0.25, 0.3) is 0 Å². The second kappa shape index (κ2) is 4.98. The average Bonchev–Trinajstić information content (AvgIpc) is 2.70. The van der Waals surface area contributed by atoms with Crippen LogP contribution in [0.4, 0.5) is 5.82 Å². The van der Waals surface area contributed by atoms with Gasteiger partial charge in [-0.3, -0.25) is 9.48 Å². The molecule has 90 valence electrons. The van der Waals surface area contributed by atoms with E-state index in [0.717, 1.165) is 0 Å². The van der Waals surface area contributed by atoms with Gasteiger partial charge in [0.15, 0.2) is 5.82 Å². The lowest BCUT2D eigenvalue weighted by atomic mass is 10.3. The Hall–Kier alpha value is -2.20. The molecule has 0 bridgehead atoms. The Morgan fingerprint density at radius 2 is 2.39 bits per heavy atom. The lowest BCUT2D eigenvalue weighted by molar-refractivity contribution is 0.102. The molecule has 2 heterocycles. The zero-order chi connectivity index (χ0) is 13.1. The minimum Gasteiger partial charge on any atom is -0.303 e. The molecule has 0 unspecified atom stereocenters. The first-order valence-electron chi connectivity index (χ1n) is 4.97. The van der Waals surface area contributed by atoms with Crippen molar-refractivity contribution in [2.45, 2.75) is 0 Å². The number of hydrogen-bond acceptors (Lipinski definition) is 4. The Labute approximate surface area is 111 Å². The topological polar surface area (TPSA) is 83.6 Å². The molecule has 6 nitrogen and oxygen atoms in total. The van der Waals surface area contributed by atoms with Crippen LogP contribution in [-0.2, 0) is 7.05 Å². The number of aryl methyl sites for hydroxylation is 1. The van der Waals surface area contributed by atoms with Gasteiger partial charge in [-0.05, 0) is 28.1 Å². The van der Waals surface area contributed by atoms with Gasteiger partial charge in [0.1, 0.15) is 17.3 Å². The molecule has 2 rings (SSSR count). The van der Waals surface area contributed by atoms with Crippen LogP contribution in [0.15, 0.2) is 29.0 Å². The highest BCUT2D eigenvalue weighted by molar-refractivity contribution is 9.10. The number of pyridine rings is 1. The molecule has 0 aliphatic carbocycles. The molecule has 0 fully saturated rings. The summed E-state index contributed by atoms with van der Waals surface area (Å²) in [5, 5.41) is 15.4. The minimum absolute atomic E-state index is 0.225. The number of nitriles is 1. The maximum absolute atomic E-state index is 12.0. The molecule has 1 amide bonds. The molecule has 0 atom stereocenters. The molecule has 0 aliphatic heterocycles. The minimum atomic E-state index is -0.419. The largest absolute Gasteiger partial charge is 0.303 e. The van der Waals surface area contributed by atoms with E-state index >= 15 is 0 Å². The van der Waals surface area contributed by atoms with Gasteiger partial charge in [-0.15, -0.1) is 0 Å². The predicted octanol–water partition coefficient (Wildman–Crippen LogP) is 1.70. The molecule has 7 heteroatoms. The fraction of sp³-hybridized carbons (Fsp3) is 0.0909. The summed E-state index contributed by atoms with van der Waals surface area (Å²) in [4.78, 5) is 15.9. The molecular formula is C11H8BrN5O. The van der Waals surface area contributed by atoms with Crippen LogP contribution in [0.2, 0.25) is 0 Å². The second-order valence-corrected chi connectivity index (χ2v) is 4.32. The highest BCUT2D eigenvalue weighted by Gasteiger charge is 2.15. The zero-order valence-corrected chi connectivity index (χ0v) is 11.0. The van der Waals surface area contributed by atoms with Gasteiger partial charge in [0, 0.05) is 23.9 Å². The fourth-order valence-electron chi connectivity index (χ4n) is 1.38. The quantitative estimate of drug-likeness (QED) is 0.915. The number of rotatable bonds is 2. The van der Waals surface area contributed by atoms with Gasteiger partial charge >= 0.3 is 0 Å². The number of carbonyl (C=O) groups excluding carboxylic acids is 1. The molecule has 18 heavy (non-hydrogen) atoms. The highest BCUT2D eigenvalue weighted by atomic mass is 79.9. The Balaban J connectivity index is 2.27. The standard InChI is InChI=1S/C11H8BrN5O/c1-17-6-7(5-13)10(16-17)15-11(18)9-8(12)3-2-4-14-9/h2-4,6H,1H3,(H,15,16,18). The van der Waals surface area contributed by atoms with Crippen molar-refractivity contribution in [2.24, 2.45) is 7.05 Å². The first-order chi connectivity index (χ1) is 8.61. The van der Waals surface area contributed by atoms with Crippen molar-refractivity contribution in [2.75, 3.05) is 5.32 Å². The van der Waals surface area contributed by atoms with E-state index in [-0.39, 0.29) is 11.5 Å². The molecule has 2 aromatic heterocycles. The van der Waals surface area contributed by atoms with Gasteiger partial charge in [-0.25, -0.2) is 4.98 Å². The monoisotopic (exact) mass is 305 g/mol. The van der Waals surface area contributed by atoms with E-state index < -0.39 is 5.91 Å². The zero-order valence-electron chi connectivity index (χ0n) is 9.38. The van der Waals surface area contributed by atoms with E-state index in [1.165, 1.54) is 17.1 Å². The number of carbonyl (C=O) groups is 1. The third kappa shape index (κ3) is 2.38. The van der Waals surface area contributed by atoms with Crippen LogP contribution in [-0.4, -0.2) is 20.7 Å². The van der Waals surface area contributed by atoms with Crippen LogP contribution in [0.3, 0.4) is 0 Å². The first-order valence-corrected chi connectivity index (χ1v) is 5.76. The average molecular weight is 306 g/mol. The maximum Gasteiger partial charge on any atom is 0.276 e. The van der Waals surface area contributed by atoms with Crippen LogP contribution >= 0.6 is 15.9 Å². The van der Waals surface area contributed by atoms with Crippen LogP contribution in [0, 0.1) is 11.3 Å². The predicted molar refractivity (Wildman–Crippen MR) is 67.8 cm³/mol.